The summed E-state index contributed by atoms with van der Waals surface area (Å²) in [4.78, 5) is 27.6. The fourth-order valence-corrected chi connectivity index (χ4v) is 5.65. The van der Waals surface area contributed by atoms with Crippen LogP contribution in [0.4, 0.5) is 10.1 Å². The number of nitrogens with zero attached hydrogens (tertiary/aromatic N) is 2. The molecule has 1 aromatic heterocycles. The number of piperidine rings is 1. The molecule has 8 nitrogen and oxygen atoms in total. The van der Waals surface area contributed by atoms with Crippen molar-refractivity contribution in [1.82, 2.24) is 13.9 Å². The van der Waals surface area contributed by atoms with Crippen molar-refractivity contribution in [2.45, 2.75) is 24.7 Å². The Hall–Kier alpha value is -2.95. The molecule has 0 spiro atoms. The van der Waals surface area contributed by atoms with E-state index in [1.165, 1.54) is 14.9 Å². The Morgan fingerprint density at radius 1 is 1.18 bits per heavy atom. The summed E-state index contributed by atoms with van der Waals surface area (Å²) in [5.41, 5.74) is 1.42. The number of amides is 1. The smallest absolute Gasteiger partial charge is 0.324 e. The lowest BCUT2D eigenvalue weighted by atomic mass is 9.97. The van der Waals surface area contributed by atoms with Gasteiger partial charge in [0.05, 0.1) is 21.3 Å². The fraction of sp³-hybridized carbons (Fsp3) is 0.273. The van der Waals surface area contributed by atoms with Gasteiger partial charge in [0.25, 0.3) is 0 Å². The second kappa shape index (κ2) is 9.12. The number of carbonyl (C=O) groups is 1. The van der Waals surface area contributed by atoms with E-state index in [4.69, 9.17) is 11.6 Å². The molecule has 0 radical (unpaired) electrons. The summed E-state index contributed by atoms with van der Waals surface area (Å²) in [6, 6.07) is 10.3. The van der Waals surface area contributed by atoms with Crippen molar-refractivity contribution in [2.24, 2.45) is 5.92 Å². The molecule has 0 saturated carbocycles. The summed E-state index contributed by atoms with van der Waals surface area (Å²) in [6.45, 7) is 2.07. The fourth-order valence-electron chi connectivity index (χ4n) is 3.91. The molecule has 4 rings (SSSR count). The standard InChI is InChI=1S/C22H22ClFN4O4S/c1-14-13-25-22(30)28(14)20-5-3-2-4-19(20)26-21(29)15-8-10-27(11-9-15)33(31,32)16-6-7-18(24)17(23)12-16/h2-7,12-13,15H,8-11H2,1H3,(H,25,30)(H,26,29). The molecule has 1 fully saturated rings. The van der Waals surface area contributed by atoms with Gasteiger partial charge in [0.2, 0.25) is 15.9 Å². The van der Waals surface area contributed by atoms with Gasteiger partial charge in [-0.1, -0.05) is 23.7 Å². The molecule has 3 aromatic rings. The second-order valence-corrected chi connectivity index (χ2v) is 10.2. The van der Waals surface area contributed by atoms with Gasteiger partial charge in [0.1, 0.15) is 5.82 Å². The van der Waals surface area contributed by atoms with E-state index in [0.29, 0.717) is 29.9 Å². The van der Waals surface area contributed by atoms with Crippen molar-refractivity contribution in [3.05, 3.63) is 75.7 Å². The highest BCUT2D eigenvalue weighted by atomic mass is 35.5. The zero-order valence-corrected chi connectivity index (χ0v) is 19.3. The first-order valence-electron chi connectivity index (χ1n) is 10.3. The summed E-state index contributed by atoms with van der Waals surface area (Å²) < 4.78 is 41.9. The molecule has 0 atom stereocenters. The van der Waals surface area contributed by atoms with Crippen LogP contribution in [0.15, 0.2) is 58.4 Å². The molecular formula is C22H22ClFN4O4S. The minimum Gasteiger partial charge on any atom is -0.324 e. The number of rotatable bonds is 5. The number of hydrogen-bond acceptors (Lipinski definition) is 4. The van der Waals surface area contributed by atoms with Gasteiger partial charge < -0.3 is 10.3 Å². The van der Waals surface area contributed by atoms with Gasteiger partial charge in [-0.05, 0) is 50.1 Å². The van der Waals surface area contributed by atoms with E-state index in [-0.39, 0.29) is 34.6 Å². The number of anilines is 1. The number of imidazole rings is 1. The minimum atomic E-state index is -3.85. The number of benzene rings is 2. The lowest BCUT2D eigenvalue weighted by Gasteiger charge is -2.30. The van der Waals surface area contributed by atoms with Gasteiger partial charge in [-0.25, -0.2) is 17.6 Å². The number of H-pyrrole nitrogens is 1. The molecule has 1 aliphatic rings. The number of aromatic nitrogens is 2. The first-order valence-corrected chi connectivity index (χ1v) is 12.1. The van der Waals surface area contributed by atoms with Crippen LogP contribution in [0.3, 0.4) is 0 Å². The van der Waals surface area contributed by atoms with E-state index in [2.05, 4.69) is 10.3 Å². The van der Waals surface area contributed by atoms with Crippen LogP contribution in [-0.4, -0.2) is 41.3 Å². The SMILES string of the molecule is Cc1c[nH]c(=O)n1-c1ccccc1NC(=O)C1CCN(S(=O)(=O)c2ccc(F)c(Cl)c2)CC1. The molecule has 11 heteroatoms. The highest BCUT2D eigenvalue weighted by molar-refractivity contribution is 7.89. The number of halogens is 2. The summed E-state index contributed by atoms with van der Waals surface area (Å²) in [6.07, 6.45) is 2.24. The van der Waals surface area contributed by atoms with Crippen LogP contribution in [0, 0.1) is 18.7 Å². The molecular weight excluding hydrogens is 471 g/mol. The van der Waals surface area contributed by atoms with Crippen LogP contribution < -0.4 is 11.0 Å². The van der Waals surface area contributed by atoms with Crippen LogP contribution in [0.5, 0.6) is 0 Å². The molecule has 1 amide bonds. The van der Waals surface area contributed by atoms with Gasteiger partial charge in [0.15, 0.2) is 0 Å². The Kier molecular flexibility index (Phi) is 6.42. The topological polar surface area (TPSA) is 104 Å². The lowest BCUT2D eigenvalue weighted by Crippen LogP contribution is -2.41. The number of aromatic amines is 1. The average Bonchev–Trinajstić information content (AvgIpc) is 3.13. The van der Waals surface area contributed by atoms with Gasteiger partial charge in [-0.3, -0.25) is 9.36 Å². The van der Waals surface area contributed by atoms with Crippen LogP contribution in [0.2, 0.25) is 5.02 Å². The van der Waals surface area contributed by atoms with Crippen LogP contribution in [0.25, 0.3) is 5.69 Å². The Balaban J connectivity index is 1.46. The maximum absolute atomic E-state index is 13.4. The third kappa shape index (κ3) is 4.59. The van der Waals surface area contributed by atoms with Crippen LogP contribution in [-0.2, 0) is 14.8 Å². The predicted octanol–water partition coefficient (Wildman–Crippen LogP) is 3.31. The number of para-hydroxylation sites is 2. The summed E-state index contributed by atoms with van der Waals surface area (Å²) in [7, 11) is -3.85. The van der Waals surface area contributed by atoms with E-state index in [0.717, 1.165) is 12.1 Å². The molecule has 2 heterocycles. The van der Waals surface area contributed by atoms with Crippen molar-refractivity contribution >= 4 is 33.2 Å². The highest BCUT2D eigenvalue weighted by Crippen LogP contribution is 2.28. The maximum Gasteiger partial charge on any atom is 0.330 e. The molecule has 1 saturated heterocycles. The maximum atomic E-state index is 13.4. The van der Waals surface area contributed by atoms with E-state index >= 15 is 0 Å². The first-order chi connectivity index (χ1) is 15.7. The Morgan fingerprint density at radius 2 is 1.88 bits per heavy atom. The van der Waals surface area contributed by atoms with E-state index in [9.17, 15) is 22.4 Å². The van der Waals surface area contributed by atoms with Crippen molar-refractivity contribution in [1.29, 1.82) is 0 Å². The summed E-state index contributed by atoms with van der Waals surface area (Å²) in [5, 5.41) is 2.62. The van der Waals surface area contributed by atoms with Crippen molar-refractivity contribution < 1.29 is 17.6 Å². The van der Waals surface area contributed by atoms with Gasteiger partial charge in [0, 0.05) is 30.9 Å². The second-order valence-electron chi connectivity index (χ2n) is 7.83. The van der Waals surface area contributed by atoms with E-state index in [1.807, 2.05) is 0 Å². The Morgan fingerprint density at radius 3 is 2.52 bits per heavy atom. The van der Waals surface area contributed by atoms with E-state index in [1.54, 1.807) is 37.4 Å². The third-order valence-electron chi connectivity index (χ3n) is 5.72. The van der Waals surface area contributed by atoms with Crippen LogP contribution in [0.1, 0.15) is 18.5 Å². The normalized spacial score (nSPS) is 15.5. The molecule has 0 unspecified atom stereocenters. The zero-order chi connectivity index (χ0) is 23.8. The third-order valence-corrected chi connectivity index (χ3v) is 7.90. The van der Waals surface area contributed by atoms with Gasteiger partial charge in [-0.15, -0.1) is 0 Å². The summed E-state index contributed by atoms with van der Waals surface area (Å²) >= 11 is 5.74. The number of carbonyl (C=O) groups excluding carboxylic acids is 1. The number of aryl methyl sites for hydroxylation is 1. The molecule has 0 bridgehead atoms. The molecule has 33 heavy (non-hydrogen) atoms. The average molecular weight is 493 g/mol. The van der Waals surface area contributed by atoms with Gasteiger partial charge >= 0.3 is 5.69 Å². The van der Waals surface area contributed by atoms with Crippen LogP contribution >= 0.6 is 11.6 Å². The largest absolute Gasteiger partial charge is 0.330 e. The number of hydrogen-bond donors (Lipinski definition) is 2. The van der Waals surface area contributed by atoms with Crippen molar-refractivity contribution in [2.75, 3.05) is 18.4 Å². The quantitative estimate of drug-likeness (QED) is 0.570. The van der Waals surface area contributed by atoms with Crippen molar-refractivity contribution in [3.8, 4) is 5.69 Å². The Bertz CT molecular complexity index is 1360. The Labute approximate surface area is 195 Å². The van der Waals surface area contributed by atoms with Gasteiger partial charge in [-0.2, -0.15) is 4.31 Å². The molecule has 174 valence electrons. The first kappa shape index (κ1) is 23.2. The molecule has 2 aromatic carbocycles. The summed E-state index contributed by atoms with van der Waals surface area (Å²) in [5.74, 6) is -1.33. The number of nitrogens with one attached hydrogen (secondary N) is 2. The molecule has 0 aliphatic carbocycles. The minimum absolute atomic E-state index is 0.0851. The lowest BCUT2D eigenvalue weighted by molar-refractivity contribution is -0.120. The molecule has 2 N–H and O–H groups in total. The van der Waals surface area contributed by atoms with Crippen molar-refractivity contribution in [3.63, 3.8) is 0 Å². The highest BCUT2D eigenvalue weighted by Gasteiger charge is 2.32. The van der Waals surface area contributed by atoms with E-state index < -0.39 is 21.8 Å². The molecule has 1 aliphatic heterocycles. The number of sulfonamides is 1. The zero-order valence-electron chi connectivity index (χ0n) is 17.7. The predicted molar refractivity (Wildman–Crippen MR) is 123 cm³/mol. The monoisotopic (exact) mass is 492 g/mol.